The Morgan fingerprint density at radius 1 is 1.34 bits per heavy atom. The number of nitrogens with zero attached hydrogens (tertiary/aromatic N) is 4. The molecule has 9 heteroatoms. The third-order valence-corrected chi connectivity index (χ3v) is 6.34. The second-order valence-corrected chi connectivity index (χ2v) is 8.79. The molecular formula is C20H31N5O3S. The molecule has 1 amide bonds. The van der Waals surface area contributed by atoms with Crippen LogP contribution in [0.15, 0.2) is 5.16 Å². The van der Waals surface area contributed by atoms with Crippen LogP contribution in [0, 0.1) is 17.2 Å². The number of carbonyl (C=O) groups excluding carboxylic acids is 2. The first-order valence-electron chi connectivity index (χ1n) is 10.2. The number of ether oxygens (including phenoxy) is 1. The topological polar surface area (TPSA) is 110 Å². The summed E-state index contributed by atoms with van der Waals surface area (Å²) in [6, 6.07) is 2.41. The van der Waals surface area contributed by atoms with Gasteiger partial charge in [-0.05, 0) is 32.6 Å². The number of thioether (sulfide) groups is 1. The van der Waals surface area contributed by atoms with Crippen molar-refractivity contribution in [3.63, 3.8) is 0 Å². The van der Waals surface area contributed by atoms with Crippen molar-refractivity contribution in [1.29, 1.82) is 5.26 Å². The second kappa shape index (κ2) is 10.6. The third kappa shape index (κ3) is 6.20. The van der Waals surface area contributed by atoms with Crippen molar-refractivity contribution < 1.29 is 14.3 Å². The fourth-order valence-corrected chi connectivity index (χ4v) is 4.16. The number of aromatic nitrogens is 3. The summed E-state index contributed by atoms with van der Waals surface area (Å²) < 4.78 is 7.08. The van der Waals surface area contributed by atoms with Crippen molar-refractivity contribution >= 4 is 23.6 Å². The molecule has 0 unspecified atom stereocenters. The highest BCUT2D eigenvalue weighted by atomic mass is 32.2. The molecule has 1 aromatic rings. The van der Waals surface area contributed by atoms with Gasteiger partial charge in [0.2, 0.25) is 5.91 Å². The van der Waals surface area contributed by atoms with Crippen LogP contribution >= 0.6 is 11.8 Å². The molecule has 1 aromatic heterocycles. The zero-order chi connectivity index (χ0) is 21.4. The van der Waals surface area contributed by atoms with Gasteiger partial charge in [0.1, 0.15) is 17.8 Å². The van der Waals surface area contributed by atoms with Gasteiger partial charge in [-0.2, -0.15) is 5.26 Å². The van der Waals surface area contributed by atoms with E-state index in [-0.39, 0.29) is 36.0 Å². The van der Waals surface area contributed by atoms with E-state index < -0.39 is 5.54 Å². The molecule has 29 heavy (non-hydrogen) atoms. The number of hydrogen-bond acceptors (Lipinski definition) is 7. The van der Waals surface area contributed by atoms with Crippen LogP contribution in [0.2, 0.25) is 0 Å². The fraction of sp³-hybridized carbons (Fsp3) is 0.750. The van der Waals surface area contributed by atoms with E-state index in [1.54, 1.807) is 13.8 Å². The van der Waals surface area contributed by atoms with Gasteiger partial charge >= 0.3 is 5.97 Å². The van der Waals surface area contributed by atoms with Gasteiger partial charge in [0.05, 0.1) is 18.4 Å². The number of nitriles is 1. The second-order valence-electron chi connectivity index (χ2n) is 7.85. The minimum atomic E-state index is -0.913. The highest BCUT2D eigenvalue weighted by molar-refractivity contribution is 7.99. The molecule has 0 bridgehead atoms. The number of carbonyl (C=O) groups is 2. The Labute approximate surface area is 176 Å². The maximum Gasteiger partial charge on any atom is 0.313 e. The summed E-state index contributed by atoms with van der Waals surface area (Å²) >= 11 is 1.29. The Morgan fingerprint density at radius 3 is 2.62 bits per heavy atom. The van der Waals surface area contributed by atoms with Gasteiger partial charge in [-0.25, -0.2) is 0 Å². The molecule has 1 aliphatic rings. The number of rotatable bonds is 9. The van der Waals surface area contributed by atoms with E-state index in [0.29, 0.717) is 17.6 Å². The van der Waals surface area contributed by atoms with E-state index in [4.69, 9.17) is 4.74 Å². The highest BCUT2D eigenvalue weighted by Gasteiger charge is 2.30. The summed E-state index contributed by atoms with van der Waals surface area (Å²) in [4.78, 5) is 24.4. The Bertz CT molecular complexity index is 752. The van der Waals surface area contributed by atoms with Crippen LogP contribution in [0.3, 0.4) is 0 Å². The lowest BCUT2D eigenvalue weighted by molar-refractivity contribution is -0.142. The van der Waals surface area contributed by atoms with Gasteiger partial charge < -0.3 is 14.6 Å². The van der Waals surface area contributed by atoms with E-state index in [9.17, 15) is 14.9 Å². The maximum atomic E-state index is 12.4. The predicted molar refractivity (Wildman–Crippen MR) is 110 cm³/mol. The van der Waals surface area contributed by atoms with Crippen LogP contribution in [-0.4, -0.2) is 44.5 Å². The van der Waals surface area contributed by atoms with E-state index >= 15 is 0 Å². The van der Waals surface area contributed by atoms with Gasteiger partial charge in [-0.1, -0.05) is 44.9 Å². The van der Waals surface area contributed by atoms with E-state index in [2.05, 4.69) is 21.6 Å². The molecular weight excluding hydrogens is 390 g/mol. The number of esters is 1. The van der Waals surface area contributed by atoms with Crippen molar-refractivity contribution in [1.82, 2.24) is 20.1 Å². The lowest BCUT2D eigenvalue weighted by Crippen LogP contribution is -2.49. The van der Waals surface area contributed by atoms with Crippen molar-refractivity contribution in [3.05, 3.63) is 5.82 Å². The summed E-state index contributed by atoms with van der Waals surface area (Å²) in [7, 11) is 0. The Balaban J connectivity index is 2.13. The van der Waals surface area contributed by atoms with Crippen molar-refractivity contribution in [2.45, 2.75) is 83.0 Å². The first kappa shape index (κ1) is 23.2. The van der Waals surface area contributed by atoms with Gasteiger partial charge in [-0.3, -0.25) is 9.59 Å². The minimum Gasteiger partial charge on any atom is -0.466 e. The molecule has 160 valence electrons. The molecule has 0 aromatic carbocycles. The van der Waals surface area contributed by atoms with Crippen LogP contribution in [0.4, 0.5) is 0 Å². The molecule has 2 rings (SSSR count). The van der Waals surface area contributed by atoms with Gasteiger partial charge in [0.15, 0.2) is 5.16 Å². The molecule has 0 radical (unpaired) electrons. The molecule has 0 spiro atoms. The average molecular weight is 422 g/mol. The molecule has 1 heterocycles. The zero-order valence-electron chi connectivity index (χ0n) is 17.7. The minimum absolute atomic E-state index is 0.0106. The SMILES string of the molecule is CCOC(=O)Cc1nnc(SCC(=O)N[C@](C)(C#N)C(C)C)n1C1CCCCC1. The molecule has 1 atom stereocenters. The lowest BCUT2D eigenvalue weighted by atomic mass is 9.90. The number of amides is 1. The van der Waals surface area contributed by atoms with Crippen LogP contribution in [0.25, 0.3) is 0 Å². The summed E-state index contributed by atoms with van der Waals surface area (Å²) in [5.74, 6) is 0.158. The van der Waals surface area contributed by atoms with E-state index in [1.807, 2.05) is 18.4 Å². The lowest BCUT2D eigenvalue weighted by Gasteiger charge is -2.27. The number of hydrogen-bond donors (Lipinski definition) is 1. The first-order chi connectivity index (χ1) is 13.8. The fourth-order valence-electron chi connectivity index (χ4n) is 3.33. The summed E-state index contributed by atoms with van der Waals surface area (Å²) in [5, 5.41) is 21.3. The van der Waals surface area contributed by atoms with Crippen molar-refractivity contribution in [3.8, 4) is 6.07 Å². The smallest absolute Gasteiger partial charge is 0.313 e. The van der Waals surface area contributed by atoms with E-state index in [0.717, 1.165) is 25.7 Å². The van der Waals surface area contributed by atoms with Crippen molar-refractivity contribution in [2.75, 3.05) is 12.4 Å². The van der Waals surface area contributed by atoms with Gasteiger partial charge in [0.25, 0.3) is 0 Å². The normalized spacial score (nSPS) is 16.8. The van der Waals surface area contributed by atoms with Crippen LogP contribution < -0.4 is 5.32 Å². The van der Waals surface area contributed by atoms with Crippen LogP contribution in [0.5, 0.6) is 0 Å². The van der Waals surface area contributed by atoms with Crippen LogP contribution in [0.1, 0.15) is 71.7 Å². The predicted octanol–water partition coefficient (Wildman–Crippen LogP) is 3.04. The monoisotopic (exact) mass is 421 g/mol. The summed E-state index contributed by atoms with van der Waals surface area (Å²) in [6.07, 6.45) is 5.55. The molecule has 1 fully saturated rings. The molecule has 0 saturated heterocycles. The first-order valence-corrected chi connectivity index (χ1v) is 11.2. The summed E-state index contributed by atoms with van der Waals surface area (Å²) in [5.41, 5.74) is -0.913. The molecule has 1 saturated carbocycles. The summed E-state index contributed by atoms with van der Waals surface area (Å²) in [6.45, 7) is 7.62. The highest BCUT2D eigenvalue weighted by Crippen LogP contribution is 2.33. The van der Waals surface area contributed by atoms with Crippen LogP contribution in [-0.2, 0) is 20.7 Å². The molecule has 8 nitrogen and oxygen atoms in total. The average Bonchev–Trinajstić information content (AvgIpc) is 3.09. The third-order valence-electron chi connectivity index (χ3n) is 5.40. The largest absolute Gasteiger partial charge is 0.466 e. The van der Waals surface area contributed by atoms with Crippen molar-refractivity contribution in [2.24, 2.45) is 5.92 Å². The van der Waals surface area contributed by atoms with Gasteiger partial charge in [-0.15, -0.1) is 10.2 Å². The maximum absolute atomic E-state index is 12.4. The Morgan fingerprint density at radius 2 is 2.03 bits per heavy atom. The Kier molecular flexibility index (Phi) is 8.50. The number of nitrogens with one attached hydrogen (secondary N) is 1. The van der Waals surface area contributed by atoms with Gasteiger partial charge in [0, 0.05) is 6.04 Å². The standard InChI is InChI=1S/C20H31N5O3S/c1-5-28-18(27)11-16-23-24-19(25(16)15-9-7-6-8-10-15)29-12-17(26)22-20(4,13-21)14(2)3/h14-15H,5-12H2,1-4H3,(H,22,26)/t20-/m1/s1. The Hall–Kier alpha value is -2.08. The molecule has 1 N–H and O–H groups in total. The molecule has 1 aliphatic carbocycles. The zero-order valence-corrected chi connectivity index (χ0v) is 18.5. The molecule has 0 aliphatic heterocycles. The quantitative estimate of drug-likeness (QED) is 0.482. The van der Waals surface area contributed by atoms with E-state index in [1.165, 1.54) is 18.2 Å².